The van der Waals surface area contributed by atoms with Crippen LogP contribution in [-0.4, -0.2) is 10.4 Å². The van der Waals surface area contributed by atoms with Crippen molar-refractivity contribution < 1.29 is 13.9 Å². The third-order valence-electron chi connectivity index (χ3n) is 4.38. The molecule has 150 valence electrons. The molecule has 2 aromatic heterocycles. The molecule has 6 heteroatoms. The lowest BCUT2D eigenvalue weighted by Crippen LogP contribution is -1.97. The van der Waals surface area contributed by atoms with Crippen LogP contribution >= 0.6 is 23.2 Å². The molecule has 0 amide bonds. The summed E-state index contributed by atoms with van der Waals surface area (Å²) < 4.78 is 13.3. The van der Waals surface area contributed by atoms with Gasteiger partial charge in [-0.2, -0.15) is 0 Å². The Morgan fingerprint density at radius 2 is 1.83 bits per heavy atom. The monoisotopic (exact) mass is 437 g/mol. The van der Waals surface area contributed by atoms with Gasteiger partial charge in [-0.1, -0.05) is 35.3 Å². The number of allylic oxidation sites excluding steroid dienone is 1. The zero-order chi connectivity index (χ0) is 20.9. The summed E-state index contributed by atoms with van der Waals surface area (Å²) in [7, 11) is 0. The van der Waals surface area contributed by atoms with Crippen LogP contribution in [0, 0.1) is 0 Å². The third-order valence-corrected chi connectivity index (χ3v) is 4.91. The molecular formula is C24H17Cl2NO3. The lowest BCUT2D eigenvalue weighted by atomic mass is 10.1. The fourth-order valence-electron chi connectivity index (χ4n) is 2.88. The number of hydrogen-bond acceptors (Lipinski definition) is 3. The highest BCUT2D eigenvalue weighted by Crippen LogP contribution is 2.28. The standard InChI is InChI=1S/C24H17Cl2NO3/c25-18-6-11-24(22(26)15-18)29-16-21-8-7-20(30-21)9-10-23(28)17-4-3-5-19(14-17)27-12-1-2-13-27/h1-15H,16H2/b10-9+. The summed E-state index contributed by atoms with van der Waals surface area (Å²) >= 11 is 12.0. The first-order chi connectivity index (χ1) is 14.6. The molecule has 0 aliphatic rings. The Labute approximate surface area is 183 Å². The van der Waals surface area contributed by atoms with Gasteiger partial charge in [0.1, 0.15) is 23.9 Å². The van der Waals surface area contributed by atoms with Crippen LogP contribution in [-0.2, 0) is 6.61 Å². The van der Waals surface area contributed by atoms with E-state index < -0.39 is 0 Å². The predicted octanol–water partition coefficient (Wildman–Crippen LogP) is 6.85. The molecule has 0 atom stereocenters. The molecule has 0 aliphatic carbocycles. The van der Waals surface area contributed by atoms with Crippen molar-refractivity contribution in [2.75, 3.05) is 0 Å². The summed E-state index contributed by atoms with van der Waals surface area (Å²) in [5.74, 6) is 1.59. The first-order valence-corrected chi connectivity index (χ1v) is 9.96. The number of aromatic nitrogens is 1. The van der Waals surface area contributed by atoms with Crippen LogP contribution in [0.15, 0.2) is 89.6 Å². The van der Waals surface area contributed by atoms with Crippen LogP contribution < -0.4 is 4.74 Å². The Balaban J connectivity index is 1.39. The Kier molecular flexibility index (Phi) is 6.07. The SMILES string of the molecule is O=C(/C=C/c1ccc(COc2ccc(Cl)cc2Cl)o1)c1cccc(-n2cccc2)c1. The predicted molar refractivity (Wildman–Crippen MR) is 119 cm³/mol. The summed E-state index contributed by atoms with van der Waals surface area (Å²) in [5, 5.41) is 0.975. The van der Waals surface area contributed by atoms with E-state index >= 15 is 0 Å². The molecule has 0 bridgehead atoms. The van der Waals surface area contributed by atoms with E-state index in [9.17, 15) is 4.79 Å². The highest BCUT2D eigenvalue weighted by atomic mass is 35.5. The second kappa shape index (κ2) is 9.08. The second-order valence-electron chi connectivity index (χ2n) is 6.51. The normalized spacial score (nSPS) is 11.1. The largest absolute Gasteiger partial charge is 0.484 e. The first kappa shape index (κ1) is 20.1. The number of carbonyl (C=O) groups excluding carboxylic acids is 1. The zero-order valence-corrected chi connectivity index (χ0v) is 17.3. The van der Waals surface area contributed by atoms with Crippen molar-refractivity contribution in [3.05, 3.63) is 112 Å². The lowest BCUT2D eigenvalue weighted by molar-refractivity contribution is 0.104. The van der Waals surface area contributed by atoms with Gasteiger partial charge in [0, 0.05) is 28.7 Å². The van der Waals surface area contributed by atoms with Crippen LogP contribution in [0.4, 0.5) is 0 Å². The maximum absolute atomic E-state index is 12.5. The smallest absolute Gasteiger partial charge is 0.186 e. The van der Waals surface area contributed by atoms with Crippen LogP contribution in [0.2, 0.25) is 10.0 Å². The molecule has 0 saturated heterocycles. The Bertz CT molecular complexity index is 1190. The zero-order valence-electron chi connectivity index (χ0n) is 15.8. The van der Waals surface area contributed by atoms with E-state index in [1.165, 1.54) is 6.08 Å². The van der Waals surface area contributed by atoms with Crippen molar-refractivity contribution in [2.24, 2.45) is 0 Å². The van der Waals surface area contributed by atoms with E-state index in [4.69, 9.17) is 32.4 Å². The highest BCUT2D eigenvalue weighted by Gasteiger charge is 2.07. The van der Waals surface area contributed by atoms with Crippen molar-refractivity contribution in [2.45, 2.75) is 6.61 Å². The van der Waals surface area contributed by atoms with E-state index in [0.29, 0.717) is 32.9 Å². The van der Waals surface area contributed by atoms with Gasteiger partial charge >= 0.3 is 0 Å². The third kappa shape index (κ3) is 4.85. The quantitative estimate of drug-likeness (QED) is 0.234. The van der Waals surface area contributed by atoms with E-state index in [0.717, 1.165) is 5.69 Å². The Hall–Kier alpha value is -3.21. The topological polar surface area (TPSA) is 44.4 Å². The van der Waals surface area contributed by atoms with Crippen LogP contribution in [0.25, 0.3) is 11.8 Å². The van der Waals surface area contributed by atoms with Gasteiger partial charge in [-0.3, -0.25) is 4.79 Å². The maximum atomic E-state index is 12.5. The van der Waals surface area contributed by atoms with Crippen LogP contribution in [0.3, 0.4) is 0 Å². The molecule has 0 N–H and O–H groups in total. The molecule has 0 unspecified atom stereocenters. The number of nitrogens with zero attached hydrogens (tertiary/aromatic N) is 1. The van der Waals surface area contributed by atoms with Crippen molar-refractivity contribution in [3.63, 3.8) is 0 Å². The van der Waals surface area contributed by atoms with Crippen LogP contribution in [0.5, 0.6) is 5.75 Å². The second-order valence-corrected chi connectivity index (χ2v) is 7.35. The molecule has 0 saturated carbocycles. The summed E-state index contributed by atoms with van der Waals surface area (Å²) in [6.07, 6.45) is 7.00. The first-order valence-electron chi connectivity index (χ1n) is 9.21. The van der Waals surface area contributed by atoms with Crippen molar-refractivity contribution in [1.29, 1.82) is 0 Å². The van der Waals surface area contributed by atoms with E-state index in [1.807, 2.05) is 47.3 Å². The van der Waals surface area contributed by atoms with Crippen molar-refractivity contribution in [1.82, 2.24) is 4.57 Å². The average molecular weight is 438 g/mol. The summed E-state index contributed by atoms with van der Waals surface area (Å²) in [4.78, 5) is 12.5. The molecule has 4 rings (SSSR count). The molecular weight excluding hydrogens is 421 g/mol. The van der Waals surface area contributed by atoms with E-state index in [1.54, 1.807) is 42.5 Å². The number of hydrogen-bond donors (Lipinski definition) is 0. The molecule has 2 heterocycles. The minimum absolute atomic E-state index is 0.105. The number of furan rings is 1. The van der Waals surface area contributed by atoms with Crippen LogP contribution in [0.1, 0.15) is 21.9 Å². The molecule has 0 aliphatic heterocycles. The number of benzene rings is 2. The molecule has 30 heavy (non-hydrogen) atoms. The Morgan fingerprint density at radius 1 is 1.00 bits per heavy atom. The molecule has 0 radical (unpaired) electrons. The molecule has 0 fully saturated rings. The molecule has 4 aromatic rings. The number of rotatable bonds is 7. The van der Waals surface area contributed by atoms with E-state index in [2.05, 4.69) is 0 Å². The van der Waals surface area contributed by atoms with Gasteiger partial charge in [-0.25, -0.2) is 0 Å². The summed E-state index contributed by atoms with van der Waals surface area (Å²) in [6, 6.07) is 19.9. The van der Waals surface area contributed by atoms with Crippen molar-refractivity contribution in [3.8, 4) is 11.4 Å². The summed E-state index contributed by atoms with van der Waals surface area (Å²) in [5.41, 5.74) is 1.53. The van der Waals surface area contributed by atoms with Gasteiger partial charge in [-0.05, 0) is 66.7 Å². The number of carbonyl (C=O) groups is 1. The Morgan fingerprint density at radius 3 is 2.63 bits per heavy atom. The van der Waals surface area contributed by atoms with Gasteiger partial charge in [0.05, 0.1) is 5.02 Å². The van der Waals surface area contributed by atoms with Crippen molar-refractivity contribution >= 4 is 35.1 Å². The fourth-order valence-corrected chi connectivity index (χ4v) is 3.35. The van der Waals surface area contributed by atoms with Gasteiger partial charge in [0.2, 0.25) is 0 Å². The number of halogens is 2. The van der Waals surface area contributed by atoms with Gasteiger partial charge in [0.15, 0.2) is 5.78 Å². The minimum atomic E-state index is -0.105. The number of ketones is 1. The highest BCUT2D eigenvalue weighted by molar-refractivity contribution is 6.35. The number of ether oxygens (including phenoxy) is 1. The van der Waals surface area contributed by atoms with Gasteiger partial charge < -0.3 is 13.7 Å². The maximum Gasteiger partial charge on any atom is 0.186 e. The molecule has 2 aromatic carbocycles. The minimum Gasteiger partial charge on any atom is -0.484 e. The summed E-state index contributed by atoms with van der Waals surface area (Å²) in [6.45, 7) is 0.210. The average Bonchev–Trinajstić information content (AvgIpc) is 3.44. The van der Waals surface area contributed by atoms with Gasteiger partial charge in [0.25, 0.3) is 0 Å². The molecule has 4 nitrogen and oxygen atoms in total. The van der Waals surface area contributed by atoms with E-state index in [-0.39, 0.29) is 12.4 Å². The molecule has 0 spiro atoms. The fraction of sp³-hybridized carbons (Fsp3) is 0.0417. The van der Waals surface area contributed by atoms with Gasteiger partial charge in [-0.15, -0.1) is 0 Å². The lowest BCUT2D eigenvalue weighted by Gasteiger charge is -2.06.